The van der Waals surface area contributed by atoms with Crippen molar-refractivity contribution in [3.8, 4) is 0 Å². The topological polar surface area (TPSA) is 76.9 Å². The predicted molar refractivity (Wildman–Crippen MR) is 79.1 cm³/mol. The SMILES string of the molecule is Cn1nc(C(=O)Nc2ccncc2)c(=O)c2cc(F)ccc21. The lowest BCUT2D eigenvalue weighted by Crippen LogP contribution is -2.26. The Balaban J connectivity index is 2.09. The zero-order valence-corrected chi connectivity index (χ0v) is 11.6. The first-order chi connectivity index (χ1) is 10.6. The molecule has 0 spiro atoms. The first kappa shape index (κ1) is 13.9. The molecule has 0 saturated heterocycles. The third-order valence-electron chi connectivity index (χ3n) is 3.17. The Hall–Kier alpha value is -3.09. The summed E-state index contributed by atoms with van der Waals surface area (Å²) in [5, 5.41) is 6.65. The molecule has 110 valence electrons. The molecule has 3 rings (SSSR count). The van der Waals surface area contributed by atoms with Crippen molar-refractivity contribution in [1.29, 1.82) is 0 Å². The molecule has 0 aliphatic rings. The van der Waals surface area contributed by atoms with Crippen LogP contribution in [0.1, 0.15) is 10.5 Å². The molecular weight excluding hydrogens is 287 g/mol. The van der Waals surface area contributed by atoms with Gasteiger partial charge in [-0.2, -0.15) is 5.10 Å². The smallest absolute Gasteiger partial charge is 0.280 e. The van der Waals surface area contributed by atoms with Crippen LogP contribution in [0.2, 0.25) is 0 Å². The van der Waals surface area contributed by atoms with Crippen LogP contribution in [-0.2, 0) is 7.05 Å². The van der Waals surface area contributed by atoms with E-state index in [0.717, 1.165) is 6.07 Å². The van der Waals surface area contributed by atoms with Gasteiger partial charge < -0.3 is 5.32 Å². The monoisotopic (exact) mass is 298 g/mol. The molecule has 7 heteroatoms. The molecule has 6 nitrogen and oxygen atoms in total. The summed E-state index contributed by atoms with van der Waals surface area (Å²) in [6.07, 6.45) is 3.02. The van der Waals surface area contributed by atoms with Crippen LogP contribution in [0.5, 0.6) is 0 Å². The number of hydrogen-bond donors (Lipinski definition) is 1. The molecule has 0 aliphatic carbocycles. The van der Waals surface area contributed by atoms with Gasteiger partial charge in [-0.25, -0.2) is 4.39 Å². The van der Waals surface area contributed by atoms with Crippen molar-refractivity contribution in [3.63, 3.8) is 0 Å². The van der Waals surface area contributed by atoms with Crippen molar-refractivity contribution >= 4 is 22.5 Å². The number of nitrogens with one attached hydrogen (secondary N) is 1. The molecule has 1 aromatic carbocycles. The molecule has 0 unspecified atom stereocenters. The van der Waals surface area contributed by atoms with Gasteiger partial charge in [-0.05, 0) is 30.3 Å². The number of pyridine rings is 1. The fraction of sp³-hybridized carbons (Fsp3) is 0.0667. The van der Waals surface area contributed by atoms with E-state index in [1.54, 1.807) is 19.2 Å². The molecule has 0 aliphatic heterocycles. The number of aromatic nitrogens is 3. The Morgan fingerprint density at radius 3 is 2.68 bits per heavy atom. The van der Waals surface area contributed by atoms with Gasteiger partial charge in [-0.3, -0.25) is 19.3 Å². The van der Waals surface area contributed by atoms with Gasteiger partial charge in [0.1, 0.15) is 5.82 Å². The number of anilines is 1. The molecule has 0 radical (unpaired) electrons. The summed E-state index contributed by atoms with van der Waals surface area (Å²) in [6, 6.07) is 6.96. The maximum atomic E-state index is 13.4. The minimum Gasteiger partial charge on any atom is -0.320 e. The zero-order valence-electron chi connectivity index (χ0n) is 11.6. The molecule has 2 heterocycles. The minimum absolute atomic E-state index is 0.109. The Kier molecular flexibility index (Phi) is 3.38. The summed E-state index contributed by atoms with van der Waals surface area (Å²) in [4.78, 5) is 28.4. The van der Waals surface area contributed by atoms with E-state index in [9.17, 15) is 14.0 Å². The molecule has 0 saturated carbocycles. The van der Waals surface area contributed by atoms with Crippen molar-refractivity contribution in [2.24, 2.45) is 7.05 Å². The predicted octanol–water partition coefficient (Wildman–Crippen LogP) is 1.72. The van der Waals surface area contributed by atoms with Crippen LogP contribution in [0.15, 0.2) is 47.5 Å². The van der Waals surface area contributed by atoms with E-state index in [-0.39, 0.29) is 11.1 Å². The van der Waals surface area contributed by atoms with Gasteiger partial charge in [0, 0.05) is 25.1 Å². The van der Waals surface area contributed by atoms with Gasteiger partial charge in [0.05, 0.1) is 10.9 Å². The van der Waals surface area contributed by atoms with E-state index < -0.39 is 17.2 Å². The van der Waals surface area contributed by atoms with E-state index >= 15 is 0 Å². The maximum absolute atomic E-state index is 13.4. The van der Waals surface area contributed by atoms with E-state index in [0.29, 0.717) is 11.2 Å². The third-order valence-corrected chi connectivity index (χ3v) is 3.17. The van der Waals surface area contributed by atoms with Gasteiger partial charge in [-0.15, -0.1) is 0 Å². The highest BCUT2D eigenvalue weighted by Crippen LogP contribution is 2.12. The summed E-state index contributed by atoms with van der Waals surface area (Å²) < 4.78 is 14.7. The van der Waals surface area contributed by atoms with Gasteiger partial charge in [-0.1, -0.05) is 0 Å². The second-order valence-electron chi connectivity index (χ2n) is 4.65. The highest BCUT2D eigenvalue weighted by atomic mass is 19.1. The van der Waals surface area contributed by atoms with Crippen LogP contribution < -0.4 is 10.7 Å². The highest BCUT2D eigenvalue weighted by molar-refractivity contribution is 6.04. The Bertz CT molecular complexity index is 922. The van der Waals surface area contributed by atoms with Gasteiger partial charge in [0.2, 0.25) is 5.43 Å². The van der Waals surface area contributed by atoms with Crippen molar-refractivity contribution in [2.75, 3.05) is 5.32 Å². The van der Waals surface area contributed by atoms with Crippen molar-refractivity contribution in [1.82, 2.24) is 14.8 Å². The van der Waals surface area contributed by atoms with Gasteiger partial charge in [0.25, 0.3) is 5.91 Å². The number of carbonyl (C=O) groups is 1. The fourth-order valence-corrected chi connectivity index (χ4v) is 2.12. The number of benzene rings is 1. The maximum Gasteiger partial charge on any atom is 0.280 e. The van der Waals surface area contributed by atoms with E-state index in [4.69, 9.17) is 0 Å². The van der Waals surface area contributed by atoms with Crippen LogP contribution in [0.3, 0.4) is 0 Å². The molecule has 22 heavy (non-hydrogen) atoms. The van der Waals surface area contributed by atoms with Crippen LogP contribution in [0, 0.1) is 5.82 Å². The summed E-state index contributed by atoms with van der Waals surface area (Å²) in [5.41, 5.74) is 0.0339. The fourth-order valence-electron chi connectivity index (χ4n) is 2.12. The second kappa shape index (κ2) is 5.36. The van der Waals surface area contributed by atoms with E-state index in [1.807, 2.05) is 0 Å². The number of halogens is 1. The number of hydrogen-bond acceptors (Lipinski definition) is 4. The van der Waals surface area contributed by atoms with Crippen molar-refractivity contribution in [3.05, 3.63) is 64.5 Å². The number of nitrogens with zero attached hydrogens (tertiary/aromatic N) is 3. The molecule has 0 bridgehead atoms. The highest BCUT2D eigenvalue weighted by Gasteiger charge is 2.17. The number of amides is 1. The normalized spacial score (nSPS) is 10.6. The van der Waals surface area contributed by atoms with E-state index in [1.165, 1.54) is 29.2 Å². The van der Waals surface area contributed by atoms with Crippen LogP contribution >= 0.6 is 0 Å². The standard InChI is InChI=1S/C15H11FN4O2/c1-20-12-3-2-9(16)8-11(12)14(21)13(19-20)15(22)18-10-4-6-17-7-5-10/h2-8H,1H3,(H,17,18,22). The molecule has 0 atom stereocenters. The zero-order chi connectivity index (χ0) is 15.7. The molecule has 3 aromatic rings. The summed E-state index contributed by atoms with van der Waals surface area (Å²) in [7, 11) is 1.59. The molecule has 2 aromatic heterocycles. The summed E-state index contributed by atoms with van der Waals surface area (Å²) in [6.45, 7) is 0. The lowest BCUT2D eigenvalue weighted by atomic mass is 10.2. The van der Waals surface area contributed by atoms with Gasteiger partial charge in [0.15, 0.2) is 5.69 Å². The number of rotatable bonds is 2. The third kappa shape index (κ3) is 2.44. The van der Waals surface area contributed by atoms with Crippen molar-refractivity contribution in [2.45, 2.75) is 0 Å². The molecule has 1 amide bonds. The lowest BCUT2D eigenvalue weighted by molar-refractivity contribution is 0.101. The first-order valence-electron chi connectivity index (χ1n) is 6.44. The quantitative estimate of drug-likeness (QED) is 0.781. The number of carbonyl (C=O) groups excluding carboxylic acids is 1. The number of aryl methyl sites for hydroxylation is 1. The summed E-state index contributed by atoms with van der Waals surface area (Å²) >= 11 is 0. The Morgan fingerprint density at radius 1 is 1.23 bits per heavy atom. The largest absolute Gasteiger partial charge is 0.320 e. The van der Waals surface area contributed by atoms with Crippen molar-refractivity contribution < 1.29 is 9.18 Å². The van der Waals surface area contributed by atoms with Crippen LogP contribution in [0.4, 0.5) is 10.1 Å². The Morgan fingerprint density at radius 2 is 1.95 bits per heavy atom. The Labute approximate surface area is 124 Å². The average molecular weight is 298 g/mol. The summed E-state index contributed by atoms with van der Waals surface area (Å²) in [5.74, 6) is -1.20. The van der Waals surface area contributed by atoms with E-state index in [2.05, 4.69) is 15.4 Å². The van der Waals surface area contributed by atoms with Crippen LogP contribution in [0.25, 0.3) is 10.9 Å². The second-order valence-corrected chi connectivity index (χ2v) is 4.65. The van der Waals surface area contributed by atoms with Crippen LogP contribution in [-0.4, -0.2) is 20.7 Å². The lowest BCUT2D eigenvalue weighted by Gasteiger charge is -2.08. The minimum atomic E-state index is -0.655. The number of fused-ring (bicyclic) bond motifs is 1. The van der Waals surface area contributed by atoms with Gasteiger partial charge >= 0.3 is 0 Å². The molecular formula is C15H11FN4O2. The first-order valence-corrected chi connectivity index (χ1v) is 6.44. The molecule has 0 fully saturated rings. The molecule has 1 N–H and O–H groups in total. The average Bonchev–Trinajstić information content (AvgIpc) is 2.51.